The van der Waals surface area contributed by atoms with Crippen LogP contribution in [-0.2, 0) is 15.0 Å². The third kappa shape index (κ3) is 3.71. The number of pyridine rings is 1. The normalized spacial score (nSPS) is 24.7. The molecular formula is C20H15F4N5O3. The number of hydrogen-bond donors (Lipinski definition) is 2. The Labute approximate surface area is 178 Å². The number of nitriles is 1. The number of ether oxygens (including phenoxy) is 2. The fourth-order valence-electron chi connectivity index (χ4n) is 3.82. The molecule has 8 nitrogen and oxygen atoms in total. The first-order chi connectivity index (χ1) is 15.1. The van der Waals surface area contributed by atoms with Gasteiger partial charge in [0.05, 0.1) is 24.7 Å². The van der Waals surface area contributed by atoms with Crippen molar-refractivity contribution in [1.29, 1.82) is 5.26 Å². The van der Waals surface area contributed by atoms with Crippen LogP contribution in [0.3, 0.4) is 0 Å². The van der Waals surface area contributed by atoms with E-state index in [9.17, 15) is 22.4 Å². The van der Waals surface area contributed by atoms with Gasteiger partial charge in [-0.2, -0.15) is 18.4 Å². The number of fused-ring (bicyclic) bond motifs is 1. The van der Waals surface area contributed by atoms with Crippen LogP contribution < -0.4 is 11.1 Å². The maximum absolute atomic E-state index is 14.8. The minimum Gasteiger partial charge on any atom is -0.465 e. The van der Waals surface area contributed by atoms with Crippen LogP contribution in [0.4, 0.5) is 23.2 Å². The lowest BCUT2D eigenvalue weighted by Crippen LogP contribution is -2.48. The summed E-state index contributed by atoms with van der Waals surface area (Å²) in [6.45, 7) is -1.04. The molecule has 4 rings (SSSR count). The highest BCUT2D eigenvalue weighted by atomic mass is 19.4. The Morgan fingerprint density at radius 2 is 2.09 bits per heavy atom. The zero-order valence-electron chi connectivity index (χ0n) is 16.2. The molecular weight excluding hydrogens is 434 g/mol. The summed E-state index contributed by atoms with van der Waals surface area (Å²) in [6, 6.07) is 7.65. The molecule has 32 heavy (non-hydrogen) atoms. The Kier molecular flexibility index (Phi) is 5.21. The van der Waals surface area contributed by atoms with Gasteiger partial charge in [0.15, 0.2) is 6.10 Å². The van der Waals surface area contributed by atoms with E-state index in [0.717, 1.165) is 6.07 Å². The molecule has 0 aliphatic carbocycles. The van der Waals surface area contributed by atoms with Crippen LogP contribution in [0.2, 0.25) is 0 Å². The number of amidine groups is 1. The molecule has 1 fully saturated rings. The molecule has 2 aromatic rings. The van der Waals surface area contributed by atoms with Gasteiger partial charge in [0, 0.05) is 17.4 Å². The molecule has 2 aliphatic heterocycles. The number of aromatic nitrogens is 1. The summed E-state index contributed by atoms with van der Waals surface area (Å²) in [5.74, 6) is -2.88. The lowest BCUT2D eigenvalue weighted by molar-refractivity contribution is -0.219. The Morgan fingerprint density at radius 3 is 2.75 bits per heavy atom. The average molecular weight is 449 g/mol. The molecule has 1 aromatic carbocycles. The van der Waals surface area contributed by atoms with Gasteiger partial charge in [-0.25, -0.2) is 14.4 Å². The van der Waals surface area contributed by atoms with Crippen LogP contribution in [0.5, 0.6) is 0 Å². The number of halogens is 4. The highest BCUT2D eigenvalue weighted by molar-refractivity contribution is 6.02. The number of rotatable bonds is 3. The number of carbonyl (C=O) groups is 1. The van der Waals surface area contributed by atoms with E-state index in [1.165, 1.54) is 30.5 Å². The van der Waals surface area contributed by atoms with Gasteiger partial charge in [-0.05, 0) is 30.3 Å². The van der Waals surface area contributed by atoms with E-state index in [1.54, 1.807) is 0 Å². The number of anilines is 1. The number of benzene rings is 1. The molecule has 0 spiro atoms. The van der Waals surface area contributed by atoms with Crippen molar-refractivity contribution in [3.8, 4) is 6.07 Å². The molecule has 1 aromatic heterocycles. The van der Waals surface area contributed by atoms with Crippen LogP contribution in [0, 0.1) is 23.1 Å². The van der Waals surface area contributed by atoms with Crippen molar-refractivity contribution in [3.63, 3.8) is 0 Å². The largest absolute Gasteiger partial charge is 0.465 e. The molecule has 1 unspecified atom stereocenters. The number of hydrogen-bond acceptors (Lipinski definition) is 7. The van der Waals surface area contributed by atoms with Crippen LogP contribution in [-0.4, -0.2) is 42.4 Å². The Hall–Kier alpha value is -3.72. The quantitative estimate of drug-likeness (QED) is 0.694. The Morgan fingerprint density at radius 1 is 1.31 bits per heavy atom. The number of nitrogens with zero attached hydrogens (tertiary/aromatic N) is 3. The monoisotopic (exact) mass is 449 g/mol. The molecule has 166 valence electrons. The summed E-state index contributed by atoms with van der Waals surface area (Å²) in [6.07, 6.45) is -5.73. The second-order valence-corrected chi connectivity index (χ2v) is 7.26. The van der Waals surface area contributed by atoms with Crippen LogP contribution in [0.1, 0.15) is 21.6 Å². The lowest BCUT2D eigenvalue weighted by Gasteiger charge is -2.36. The molecule has 0 radical (unpaired) electrons. The molecule has 0 saturated carbocycles. The number of carbonyl (C=O) groups excluding carboxylic acids is 1. The summed E-state index contributed by atoms with van der Waals surface area (Å²) >= 11 is 0. The van der Waals surface area contributed by atoms with Gasteiger partial charge in [0.1, 0.15) is 23.1 Å². The van der Waals surface area contributed by atoms with Gasteiger partial charge in [-0.1, -0.05) is 0 Å². The molecule has 1 amide bonds. The number of amides is 1. The summed E-state index contributed by atoms with van der Waals surface area (Å²) in [4.78, 5) is 20.3. The van der Waals surface area contributed by atoms with Crippen molar-refractivity contribution in [3.05, 3.63) is 59.2 Å². The summed E-state index contributed by atoms with van der Waals surface area (Å²) in [5, 5.41) is 11.3. The van der Waals surface area contributed by atoms with Gasteiger partial charge < -0.3 is 20.5 Å². The van der Waals surface area contributed by atoms with Crippen molar-refractivity contribution < 1.29 is 31.8 Å². The van der Waals surface area contributed by atoms with Gasteiger partial charge in [-0.15, -0.1) is 0 Å². The molecule has 0 bridgehead atoms. The second-order valence-electron chi connectivity index (χ2n) is 7.26. The number of nitrogens with one attached hydrogen (secondary N) is 1. The molecule has 1 saturated heterocycles. The van der Waals surface area contributed by atoms with Crippen molar-refractivity contribution in [2.75, 3.05) is 18.5 Å². The maximum atomic E-state index is 14.8. The van der Waals surface area contributed by atoms with E-state index in [0.29, 0.717) is 0 Å². The molecule has 3 heterocycles. The maximum Gasteiger partial charge on any atom is 0.415 e. The lowest BCUT2D eigenvalue weighted by atomic mass is 9.77. The average Bonchev–Trinajstić information content (AvgIpc) is 3.15. The Balaban J connectivity index is 1.69. The van der Waals surface area contributed by atoms with Gasteiger partial charge in [0.25, 0.3) is 11.9 Å². The highest BCUT2D eigenvalue weighted by Gasteiger charge is 2.62. The number of nitrogens with two attached hydrogens (primary N) is 1. The van der Waals surface area contributed by atoms with Gasteiger partial charge in [-0.3, -0.25) is 4.79 Å². The van der Waals surface area contributed by atoms with Gasteiger partial charge in [0.2, 0.25) is 0 Å². The van der Waals surface area contributed by atoms with Crippen LogP contribution >= 0.6 is 0 Å². The van der Waals surface area contributed by atoms with Crippen LogP contribution in [0.25, 0.3) is 0 Å². The predicted octanol–water partition coefficient (Wildman–Crippen LogP) is 2.46. The standard InChI is InChI=1S/C20H15F4N5O3/c21-14-3-2-11(28-17(30)15-4-1-10(6-25)7-27-15)5-12(14)19-9-32-16(20(22,23)24)13(19)8-31-18(26)29-19/h1-5,7,13,16H,8-9H2,(H2,26,29)(H,28,30)/t13-,16+,19?/m1/s1. The van der Waals surface area contributed by atoms with E-state index in [1.807, 2.05) is 6.07 Å². The highest BCUT2D eigenvalue weighted by Crippen LogP contribution is 2.50. The SMILES string of the molecule is N#Cc1ccc(C(=O)Nc2ccc(F)c(C34CO[C@H](C(F)(F)F)[C@H]3COC(N)=N4)c2)nc1. The van der Waals surface area contributed by atoms with E-state index >= 15 is 0 Å². The second kappa shape index (κ2) is 7.76. The van der Waals surface area contributed by atoms with E-state index in [-0.39, 0.29) is 28.5 Å². The molecule has 2 aliphatic rings. The first-order valence-corrected chi connectivity index (χ1v) is 9.28. The summed E-state index contributed by atoms with van der Waals surface area (Å²) in [5.41, 5.74) is 3.95. The van der Waals surface area contributed by atoms with Gasteiger partial charge >= 0.3 is 6.18 Å². The fraction of sp³-hybridized carbons (Fsp3) is 0.300. The Bertz CT molecular complexity index is 1130. The predicted molar refractivity (Wildman–Crippen MR) is 102 cm³/mol. The first-order valence-electron chi connectivity index (χ1n) is 9.28. The minimum absolute atomic E-state index is 0.0134. The molecule has 3 atom stereocenters. The van der Waals surface area contributed by atoms with Crippen molar-refractivity contribution in [1.82, 2.24) is 4.98 Å². The van der Waals surface area contributed by atoms with E-state index in [2.05, 4.69) is 15.3 Å². The smallest absolute Gasteiger partial charge is 0.415 e. The fourth-order valence-corrected chi connectivity index (χ4v) is 3.82. The van der Waals surface area contributed by atoms with Crippen LogP contribution in [0.15, 0.2) is 41.5 Å². The number of aliphatic imine (C=N–C) groups is 1. The zero-order chi connectivity index (χ0) is 23.1. The summed E-state index contributed by atoms with van der Waals surface area (Å²) < 4.78 is 65.2. The van der Waals surface area contributed by atoms with Crippen molar-refractivity contribution in [2.45, 2.75) is 17.8 Å². The topological polar surface area (TPSA) is 123 Å². The molecule has 12 heteroatoms. The number of alkyl halides is 3. The molecule has 3 N–H and O–H groups in total. The minimum atomic E-state index is -4.72. The first kappa shape index (κ1) is 21.5. The van der Waals surface area contributed by atoms with E-state index in [4.69, 9.17) is 20.5 Å². The third-order valence-corrected chi connectivity index (χ3v) is 5.32. The third-order valence-electron chi connectivity index (χ3n) is 5.32. The zero-order valence-corrected chi connectivity index (χ0v) is 16.2. The van der Waals surface area contributed by atoms with Crippen molar-refractivity contribution in [2.24, 2.45) is 16.6 Å². The summed E-state index contributed by atoms with van der Waals surface area (Å²) in [7, 11) is 0. The van der Waals surface area contributed by atoms with E-state index < -0.39 is 48.7 Å². The van der Waals surface area contributed by atoms with Crippen molar-refractivity contribution >= 4 is 17.6 Å².